The lowest BCUT2D eigenvalue weighted by Crippen LogP contribution is -2.03. The van der Waals surface area contributed by atoms with Crippen LogP contribution in [0.1, 0.15) is 5.56 Å². The van der Waals surface area contributed by atoms with Crippen LogP contribution in [0.15, 0.2) is 36.4 Å². The van der Waals surface area contributed by atoms with Crippen molar-refractivity contribution in [3.8, 4) is 16.9 Å². The van der Waals surface area contributed by atoms with Crippen molar-refractivity contribution < 1.29 is 9.13 Å². The van der Waals surface area contributed by atoms with Gasteiger partial charge in [0.2, 0.25) is 0 Å². The zero-order chi connectivity index (χ0) is 13.8. The van der Waals surface area contributed by atoms with E-state index >= 15 is 0 Å². The van der Waals surface area contributed by atoms with Crippen LogP contribution in [0.4, 0.5) is 4.39 Å². The van der Waals surface area contributed by atoms with Crippen LogP contribution < -0.4 is 10.5 Å². The van der Waals surface area contributed by atoms with Gasteiger partial charge in [-0.3, -0.25) is 0 Å². The van der Waals surface area contributed by atoms with E-state index in [1.165, 1.54) is 12.1 Å². The molecular formula is C15H15ClFNO. The molecule has 0 unspecified atom stereocenters. The molecule has 0 heterocycles. The number of rotatable bonds is 4. The summed E-state index contributed by atoms with van der Waals surface area (Å²) in [7, 11) is 1.60. The van der Waals surface area contributed by atoms with Crippen molar-refractivity contribution >= 4 is 11.6 Å². The number of nitrogens with two attached hydrogens (primary N) is 1. The van der Waals surface area contributed by atoms with E-state index in [2.05, 4.69) is 0 Å². The topological polar surface area (TPSA) is 35.2 Å². The van der Waals surface area contributed by atoms with E-state index < -0.39 is 0 Å². The van der Waals surface area contributed by atoms with Crippen molar-refractivity contribution in [2.24, 2.45) is 5.73 Å². The highest BCUT2D eigenvalue weighted by Crippen LogP contribution is 2.35. The highest BCUT2D eigenvalue weighted by Gasteiger charge is 2.11. The fraction of sp³-hybridized carbons (Fsp3) is 0.200. The van der Waals surface area contributed by atoms with Crippen LogP contribution >= 0.6 is 11.6 Å². The van der Waals surface area contributed by atoms with Gasteiger partial charge in [-0.05, 0) is 48.9 Å². The Bertz CT molecular complexity index is 586. The van der Waals surface area contributed by atoms with Crippen LogP contribution in [-0.2, 0) is 6.42 Å². The van der Waals surface area contributed by atoms with Gasteiger partial charge >= 0.3 is 0 Å². The number of benzene rings is 2. The van der Waals surface area contributed by atoms with Gasteiger partial charge in [0, 0.05) is 11.1 Å². The van der Waals surface area contributed by atoms with E-state index in [1.54, 1.807) is 13.2 Å². The molecule has 0 aliphatic rings. The fourth-order valence-corrected chi connectivity index (χ4v) is 2.26. The lowest BCUT2D eigenvalue weighted by Gasteiger charge is -2.12. The highest BCUT2D eigenvalue weighted by molar-refractivity contribution is 6.33. The molecule has 0 aliphatic heterocycles. The second-order valence-corrected chi connectivity index (χ2v) is 4.60. The van der Waals surface area contributed by atoms with Crippen molar-refractivity contribution in [1.82, 2.24) is 0 Å². The smallest absolute Gasteiger partial charge is 0.126 e. The lowest BCUT2D eigenvalue weighted by molar-refractivity contribution is 0.416. The molecule has 0 saturated carbocycles. The minimum atomic E-state index is -0.356. The maximum absolute atomic E-state index is 13.1. The summed E-state index contributed by atoms with van der Waals surface area (Å²) in [6, 6.07) is 10.2. The van der Waals surface area contributed by atoms with Gasteiger partial charge < -0.3 is 10.5 Å². The molecule has 0 atom stereocenters. The number of methoxy groups -OCH3 is 1. The molecule has 0 radical (unpaired) electrons. The summed E-state index contributed by atoms with van der Waals surface area (Å²) < 4.78 is 18.4. The van der Waals surface area contributed by atoms with Gasteiger partial charge in [-0.15, -0.1) is 0 Å². The molecular weight excluding hydrogens is 265 g/mol. The van der Waals surface area contributed by atoms with Crippen LogP contribution in [-0.4, -0.2) is 13.7 Å². The average molecular weight is 280 g/mol. The Morgan fingerprint density at radius 2 is 1.95 bits per heavy atom. The lowest BCUT2D eigenvalue weighted by atomic mass is 10.0. The molecule has 0 amide bonds. The first-order valence-corrected chi connectivity index (χ1v) is 6.36. The van der Waals surface area contributed by atoms with E-state index in [1.807, 2.05) is 18.2 Å². The molecule has 2 nitrogen and oxygen atoms in total. The van der Waals surface area contributed by atoms with Gasteiger partial charge in [-0.25, -0.2) is 4.39 Å². The van der Waals surface area contributed by atoms with E-state index in [4.69, 9.17) is 22.1 Å². The summed E-state index contributed by atoms with van der Waals surface area (Å²) in [6.07, 6.45) is 0.774. The summed E-state index contributed by atoms with van der Waals surface area (Å²) >= 11 is 6.10. The summed E-state index contributed by atoms with van der Waals surface area (Å²) in [6.45, 7) is 0.572. The first kappa shape index (κ1) is 13.8. The van der Waals surface area contributed by atoms with Gasteiger partial charge in [0.1, 0.15) is 11.6 Å². The third-order valence-electron chi connectivity index (χ3n) is 2.92. The molecule has 4 heteroatoms. The van der Waals surface area contributed by atoms with Crippen LogP contribution in [0.5, 0.6) is 5.75 Å². The van der Waals surface area contributed by atoms with E-state index in [9.17, 15) is 4.39 Å². The van der Waals surface area contributed by atoms with Crippen molar-refractivity contribution in [2.45, 2.75) is 6.42 Å². The minimum absolute atomic E-state index is 0.356. The maximum atomic E-state index is 13.1. The van der Waals surface area contributed by atoms with Crippen LogP contribution in [0.2, 0.25) is 5.02 Å². The Kier molecular flexibility index (Phi) is 4.40. The van der Waals surface area contributed by atoms with E-state index in [0.717, 1.165) is 23.1 Å². The molecule has 0 spiro atoms. The second kappa shape index (κ2) is 6.04. The van der Waals surface area contributed by atoms with Gasteiger partial charge in [0.15, 0.2) is 0 Å². The molecule has 0 aromatic heterocycles. The highest BCUT2D eigenvalue weighted by atomic mass is 35.5. The van der Waals surface area contributed by atoms with Crippen molar-refractivity contribution in [3.63, 3.8) is 0 Å². The Morgan fingerprint density at radius 1 is 1.16 bits per heavy atom. The van der Waals surface area contributed by atoms with Gasteiger partial charge in [0.05, 0.1) is 12.1 Å². The minimum Gasteiger partial charge on any atom is -0.496 e. The van der Waals surface area contributed by atoms with Crippen LogP contribution in [0.3, 0.4) is 0 Å². The first-order valence-electron chi connectivity index (χ1n) is 5.98. The quantitative estimate of drug-likeness (QED) is 0.927. The third kappa shape index (κ3) is 3.06. The molecule has 0 fully saturated rings. The normalized spacial score (nSPS) is 10.5. The molecule has 19 heavy (non-hydrogen) atoms. The predicted molar refractivity (Wildman–Crippen MR) is 76.2 cm³/mol. The molecule has 2 aromatic rings. The van der Waals surface area contributed by atoms with Gasteiger partial charge in [-0.1, -0.05) is 17.7 Å². The SMILES string of the molecule is COc1ccc(CCN)cc1-c1ccc(F)cc1Cl. The van der Waals surface area contributed by atoms with Crippen molar-refractivity contribution in [2.75, 3.05) is 13.7 Å². The monoisotopic (exact) mass is 279 g/mol. The van der Waals surface area contributed by atoms with Crippen molar-refractivity contribution in [3.05, 3.63) is 52.8 Å². The number of hydrogen-bond acceptors (Lipinski definition) is 2. The van der Waals surface area contributed by atoms with E-state index in [-0.39, 0.29) is 5.82 Å². The summed E-state index contributed by atoms with van der Waals surface area (Å²) in [4.78, 5) is 0. The van der Waals surface area contributed by atoms with Crippen LogP contribution in [0.25, 0.3) is 11.1 Å². The Morgan fingerprint density at radius 3 is 2.58 bits per heavy atom. The summed E-state index contributed by atoms with van der Waals surface area (Å²) in [5, 5.41) is 0.364. The Balaban J connectivity index is 2.54. The standard InChI is InChI=1S/C15H15ClFNO/c1-19-15-5-2-10(6-7-18)8-13(15)12-4-3-11(17)9-14(12)16/h2-5,8-9H,6-7,18H2,1H3. The Labute approximate surface area is 117 Å². The largest absolute Gasteiger partial charge is 0.496 e. The molecule has 2 rings (SSSR count). The molecule has 0 bridgehead atoms. The number of hydrogen-bond donors (Lipinski definition) is 1. The fourth-order valence-electron chi connectivity index (χ4n) is 2.00. The third-order valence-corrected chi connectivity index (χ3v) is 3.23. The molecule has 2 aromatic carbocycles. The Hall–Kier alpha value is -1.58. The van der Waals surface area contributed by atoms with E-state index in [0.29, 0.717) is 17.3 Å². The number of halogens is 2. The summed E-state index contributed by atoms with van der Waals surface area (Å²) in [5.74, 6) is 0.347. The molecule has 100 valence electrons. The van der Waals surface area contributed by atoms with Crippen molar-refractivity contribution in [1.29, 1.82) is 0 Å². The molecule has 0 saturated heterocycles. The van der Waals surface area contributed by atoms with Gasteiger partial charge in [-0.2, -0.15) is 0 Å². The zero-order valence-corrected chi connectivity index (χ0v) is 11.4. The predicted octanol–water partition coefficient (Wildman–Crippen LogP) is 3.66. The van der Waals surface area contributed by atoms with Crippen LogP contribution in [0, 0.1) is 5.82 Å². The van der Waals surface area contributed by atoms with Gasteiger partial charge in [0.25, 0.3) is 0 Å². The maximum Gasteiger partial charge on any atom is 0.126 e. The molecule has 2 N–H and O–H groups in total. The average Bonchev–Trinajstić information content (AvgIpc) is 2.39. The zero-order valence-electron chi connectivity index (χ0n) is 10.6. The molecule has 0 aliphatic carbocycles. The first-order chi connectivity index (χ1) is 9.15. The summed E-state index contributed by atoms with van der Waals surface area (Å²) in [5.41, 5.74) is 8.25. The number of ether oxygens (including phenoxy) is 1. The second-order valence-electron chi connectivity index (χ2n) is 4.20.